The van der Waals surface area contributed by atoms with Gasteiger partial charge < -0.3 is 14.8 Å². The highest BCUT2D eigenvalue weighted by Gasteiger charge is 2.32. The lowest BCUT2D eigenvalue weighted by Gasteiger charge is -2.31. The minimum absolute atomic E-state index is 0.118. The normalized spacial score (nSPS) is 12.8. The Bertz CT molecular complexity index is 1650. The van der Waals surface area contributed by atoms with Crippen LogP contribution >= 0.6 is 0 Å². The van der Waals surface area contributed by atoms with Gasteiger partial charge in [0, 0.05) is 18.4 Å². The van der Waals surface area contributed by atoms with Gasteiger partial charge in [0.05, 0.1) is 25.8 Å². The Labute approximate surface area is 257 Å². The van der Waals surface area contributed by atoms with Crippen molar-refractivity contribution in [2.75, 3.05) is 13.7 Å². The van der Waals surface area contributed by atoms with Crippen LogP contribution in [0, 0.1) is 6.92 Å². The van der Waals surface area contributed by atoms with Crippen LogP contribution in [0.4, 0.5) is 13.2 Å². The molecule has 4 aromatic rings. The Hall–Kier alpha value is -4.94. The van der Waals surface area contributed by atoms with Crippen molar-refractivity contribution in [1.82, 2.24) is 25.1 Å². The third-order valence-electron chi connectivity index (χ3n) is 7.15. The first-order valence-electron chi connectivity index (χ1n) is 14.2. The van der Waals surface area contributed by atoms with Crippen molar-refractivity contribution >= 4 is 11.7 Å². The molecule has 0 saturated heterocycles. The van der Waals surface area contributed by atoms with Crippen LogP contribution < -0.4 is 20.5 Å². The minimum atomic E-state index is -4.26. The Balaban J connectivity index is 1.49. The summed E-state index contributed by atoms with van der Waals surface area (Å²) in [5, 5.41) is 10.6. The molecule has 45 heavy (non-hydrogen) atoms. The first-order valence-corrected chi connectivity index (χ1v) is 14.2. The summed E-state index contributed by atoms with van der Waals surface area (Å²) in [5.41, 5.74) is 0.961. The quantitative estimate of drug-likeness (QED) is 0.158. The van der Waals surface area contributed by atoms with Gasteiger partial charge >= 0.3 is 11.9 Å². The number of hydrogen-bond donors (Lipinski definition) is 1. The number of benzene rings is 3. The lowest BCUT2D eigenvalue weighted by Crippen LogP contribution is -2.47. The highest BCUT2D eigenvalue weighted by molar-refractivity contribution is 5.97. The molecule has 1 atom stereocenters. The first-order chi connectivity index (χ1) is 21.3. The Morgan fingerprint density at radius 3 is 2.13 bits per heavy atom. The first kappa shape index (κ1) is 33.0. The summed E-state index contributed by atoms with van der Waals surface area (Å²) in [5.74, 6) is 0.200. The molecule has 0 saturated carbocycles. The van der Waals surface area contributed by atoms with E-state index in [0.717, 1.165) is 20.5 Å². The van der Waals surface area contributed by atoms with Crippen molar-refractivity contribution in [3.05, 3.63) is 106 Å². The topological polar surface area (TPSA) is 117 Å². The lowest BCUT2D eigenvalue weighted by atomic mass is 9.85. The summed E-state index contributed by atoms with van der Waals surface area (Å²) < 4.78 is 50.0. The molecule has 238 valence electrons. The third-order valence-corrected chi connectivity index (χ3v) is 7.15. The molecular formula is C32H34F3N5O5. The van der Waals surface area contributed by atoms with E-state index in [4.69, 9.17) is 9.47 Å². The molecule has 1 N–H and O–H groups in total. The molecule has 0 fully saturated rings. The predicted octanol–water partition coefficient (Wildman–Crippen LogP) is 4.83. The monoisotopic (exact) mass is 625 g/mol. The minimum Gasteiger partial charge on any atom is -0.497 e. The number of carbonyl (C=O) groups is 2. The van der Waals surface area contributed by atoms with Gasteiger partial charge in [0.2, 0.25) is 5.91 Å². The number of aryl methyl sites for hydroxylation is 1. The number of ether oxygens (including phenoxy) is 2. The Morgan fingerprint density at radius 2 is 1.51 bits per heavy atom. The molecule has 13 heteroatoms. The number of amides is 1. The maximum absolute atomic E-state index is 13.3. The van der Waals surface area contributed by atoms with Crippen LogP contribution in [0.25, 0.3) is 0 Å². The van der Waals surface area contributed by atoms with E-state index < -0.39 is 36.3 Å². The summed E-state index contributed by atoms with van der Waals surface area (Å²) in [7, 11) is 1.55. The van der Waals surface area contributed by atoms with Gasteiger partial charge in [0.25, 0.3) is 0 Å². The number of nitrogens with one attached hydrogen (secondary N) is 1. The standard InChI is InChI=1S/C32H34F3N5O5/c1-22-5-9-24(10-6-22)28(41)19-31(2,25-11-15-27(16-12-25)45-18-4-17-32(33,34)35)36-29(42)21-40-30(43)39(37-38-40)20-23-7-13-26(44-3)14-8-23/h5-16H,4,17-21H2,1-3H3,(H,36,42). The summed E-state index contributed by atoms with van der Waals surface area (Å²) >= 11 is 0. The van der Waals surface area contributed by atoms with Crippen LogP contribution in [0.2, 0.25) is 0 Å². The van der Waals surface area contributed by atoms with Crippen molar-refractivity contribution in [3.8, 4) is 11.5 Å². The molecule has 0 aliphatic rings. The number of halogens is 3. The van der Waals surface area contributed by atoms with Crippen LogP contribution in [0.5, 0.6) is 11.5 Å². The number of hydrogen-bond acceptors (Lipinski definition) is 7. The molecule has 0 aliphatic heterocycles. The van der Waals surface area contributed by atoms with Crippen LogP contribution in [-0.2, 0) is 23.4 Å². The fourth-order valence-corrected chi connectivity index (χ4v) is 4.65. The number of rotatable bonds is 14. The lowest BCUT2D eigenvalue weighted by molar-refractivity contribution is -0.136. The van der Waals surface area contributed by atoms with E-state index in [1.54, 1.807) is 74.7 Å². The second-order valence-corrected chi connectivity index (χ2v) is 10.9. The SMILES string of the molecule is COc1ccc(Cn2nnn(CC(=O)NC(C)(CC(=O)c3ccc(C)cc3)c3ccc(OCCCC(F)(F)F)cc3)c2=O)cc1. The van der Waals surface area contributed by atoms with Crippen molar-refractivity contribution in [2.45, 2.75) is 57.9 Å². The van der Waals surface area contributed by atoms with Crippen molar-refractivity contribution in [1.29, 1.82) is 0 Å². The molecule has 4 rings (SSSR count). The third kappa shape index (κ3) is 9.27. The zero-order valence-electron chi connectivity index (χ0n) is 25.1. The molecule has 1 heterocycles. The number of aromatic nitrogens is 4. The van der Waals surface area contributed by atoms with Gasteiger partial charge in [-0.15, -0.1) is 0 Å². The molecule has 0 radical (unpaired) electrons. The maximum atomic E-state index is 13.3. The second kappa shape index (κ2) is 14.2. The molecule has 1 amide bonds. The molecule has 1 aromatic heterocycles. The van der Waals surface area contributed by atoms with Crippen LogP contribution in [-0.4, -0.2) is 51.4 Å². The molecule has 0 aliphatic carbocycles. The van der Waals surface area contributed by atoms with E-state index in [0.29, 0.717) is 22.6 Å². The van der Waals surface area contributed by atoms with E-state index >= 15 is 0 Å². The van der Waals surface area contributed by atoms with Gasteiger partial charge in [-0.05, 0) is 66.1 Å². The van der Waals surface area contributed by atoms with Gasteiger partial charge in [0.15, 0.2) is 5.78 Å². The number of tetrazole rings is 1. The highest BCUT2D eigenvalue weighted by atomic mass is 19.4. The zero-order chi connectivity index (χ0) is 32.6. The molecule has 1 unspecified atom stereocenters. The van der Waals surface area contributed by atoms with Crippen LogP contribution in [0.3, 0.4) is 0 Å². The zero-order valence-corrected chi connectivity index (χ0v) is 25.1. The van der Waals surface area contributed by atoms with E-state index in [1.165, 1.54) is 0 Å². The molecule has 10 nitrogen and oxygen atoms in total. The number of alkyl halides is 3. The number of Topliss-reactive ketones (excluding diaryl/α,β-unsaturated/α-hetero) is 1. The highest BCUT2D eigenvalue weighted by Crippen LogP contribution is 2.29. The molecule has 0 spiro atoms. The van der Waals surface area contributed by atoms with Gasteiger partial charge in [-0.2, -0.15) is 22.5 Å². The summed E-state index contributed by atoms with van der Waals surface area (Å²) in [6.45, 7) is 3.15. The van der Waals surface area contributed by atoms with Crippen LogP contribution in [0.1, 0.15) is 53.2 Å². The summed E-state index contributed by atoms with van der Waals surface area (Å²) in [6.07, 6.45) is -5.51. The van der Waals surface area contributed by atoms with Crippen LogP contribution in [0.15, 0.2) is 77.6 Å². The number of carbonyl (C=O) groups excluding carboxylic acids is 2. The van der Waals surface area contributed by atoms with Crippen molar-refractivity contribution in [3.63, 3.8) is 0 Å². The Morgan fingerprint density at radius 1 is 0.889 bits per heavy atom. The largest absolute Gasteiger partial charge is 0.497 e. The number of nitrogens with zero attached hydrogens (tertiary/aromatic N) is 4. The van der Waals surface area contributed by atoms with Gasteiger partial charge in [-0.1, -0.05) is 54.1 Å². The van der Waals surface area contributed by atoms with Gasteiger partial charge in [-0.3, -0.25) is 9.59 Å². The average Bonchev–Trinajstić information content (AvgIpc) is 3.33. The summed E-state index contributed by atoms with van der Waals surface area (Å²) in [4.78, 5) is 39.5. The van der Waals surface area contributed by atoms with Crippen molar-refractivity contribution in [2.24, 2.45) is 0 Å². The van der Waals surface area contributed by atoms with E-state index in [-0.39, 0.29) is 31.8 Å². The smallest absolute Gasteiger partial charge is 0.389 e. The van der Waals surface area contributed by atoms with E-state index in [9.17, 15) is 27.6 Å². The fourth-order valence-electron chi connectivity index (χ4n) is 4.65. The predicted molar refractivity (Wildman–Crippen MR) is 159 cm³/mol. The number of ketones is 1. The number of methoxy groups -OCH3 is 1. The fraction of sp³-hybridized carbons (Fsp3) is 0.344. The molecule has 3 aromatic carbocycles. The molecule has 0 bridgehead atoms. The van der Waals surface area contributed by atoms with E-state index in [2.05, 4.69) is 15.7 Å². The van der Waals surface area contributed by atoms with Gasteiger partial charge in [-0.25, -0.2) is 4.79 Å². The van der Waals surface area contributed by atoms with E-state index in [1.807, 2.05) is 19.1 Å². The second-order valence-electron chi connectivity index (χ2n) is 10.9. The van der Waals surface area contributed by atoms with Crippen molar-refractivity contribution < 1.29 is 32.2 Å². The molecular weight excluding hydrogens is 591 g/mol. The average molecular weight is 626 g/mol. The van der Waals surface area contributed by atoms with Gasteiger partial charge in [0.1, 0.15) is 18.0 Å². The maximum Gasteiger partial charge on any atom is 0.389 e. The Kier molecular flexibility index (Phi) is 10.4. The summed E-state index contributed by atoms with van der Waals surface area (Å²) in [6, 6.07) is 20.5.